The molecule has 0 heterocycles. The first kappa shape index (κ1) is 13.2. The highest BCUT2D eigenvalue weighted by molar-refractivity contribution is 5.72. The maximum Gasteiger partial charge on any atom is 0.309 e. The van der Waals surface area contributed by atoms with Crippen LogP contribution in [-0.2, 0) is 9.53 Å². The molecule has 0 bridgehead atoms. The van der Waals surface area contributed by atoms with E-state index in [1.807, 2.05) is 0 Å². The first-order valence-corrected chi connectivity index (χ1v) is 5.01. The van der Waals surface area contributed by atoms with Crippen LogP contribution in [0.25, 0.3) is 0 Å². The molecule has 14 heavy (non-hydrogen) atoms. The zero-order valence-corrected chi connectivity index (χ0v) is 8.29. The Balaban J connectivity index is 0.00000169. The van der Waals surface area contributed by atoms with Crippen LogP contribution < -0.4 is 0 Å². The Morgan fingerprint density at radius 2 is 2.29 bits per heavy atom. The minimum atomic E-state index is -0.0357. The van der Waals surface area contributed by atoms with Gasteiger partial charge in [-0.3, -0.25) is 4.79 Å². The number of rotatable bonds is 3. The van der Waals surface area contributed by atoms with E-state index in [4.69, 9.17) is 4.74 Å². The zero-order valence-electron chi connectivity index (χ0n) is 8.29. The van der Waals surface area contributed by atoms with E-state index in [2.05, 4.69) is 13.5 Å². The first-order chi connectivity index (χ1) is 6.24. The number of ether oxygens (including phenoxy) is 1. The smallest absolute Gasteiger partial charge is 0.309 e. The molecule has 1 saturated carbocycles. The Kier molecular flexibility index (Phi) is 6.26. The van der Waals surface area contributed by atoms with Gasteiger partial charge in [0.2, 0.25) is 0 Å². The summed E-state index contributed by atoms with van der Waals surface area (Å²) in [5.74, 6) is 0.783. The van der Waals surface area contributed by atoms with E-state index in [-0.39, 0.29) is 19.3 Å². The molecule has 2 unspecified atom stereocenters. The van der Waals surface area contributed by atoms with Crippen molar-refractivity contribution in [3.8, 4) is 0 Å². The topological polar surface area (TPSA) is 26.3 Å². The molecule has 0 N–H and O–H groups in total. The van der Waals surface area contributed by atoms with Gasteiger partial charge in [0.15, 0.2) is 0 Å². The molecule has 1 aliphatic rings. The van der Waals surface area contributed by atoms with Crippen molar-refractivity contribution in [3.63, 3.8) is 0 Å². The van der Waals surface area contributed by atoms with E-state index in [9.17, 15) is 4.79 Å². The van der Waals surface area contributed by atoms with Gasteiger partial charge in [0.25, 0.3) is 0 Å². The minimum Gasteiger partial charge on any atom is -0.461 e. The molecule has 0 amide bonds. The standard InChI is InChI=1S/C11H18O2.CH4/c1-3-7-13-11(12)10-6-4-5-9(2)8-10;/h3,9-10H,1,4-8H2,2H3;1H4. The Bertz CT molecular complexity index is 187. The third-order valence-electron chi connectivity index (χ3n) is 2.61. The molecule has 2 atom stereocenters. The van der Waals surface area contributed by atoms with Crippen LogP contribution in [0.2, 0.25) is 0 Å². The molecular formula is C12H22O2. The van der Waals surface area contributed by atoms with Crippen LogP contribution in [0, 0.1) is 11.8 Å². The van der Waals surface area contributed by atoms with E-state index >= 15 is 0 Å². The van der Waals surface area contributed by atoms with E-state index < -0.39 is 0 Å². The lowest BCUT2D eigenvalue weighted by Gasteiger charge is -2.24. The fourth-order valence-corrected chi connectivity index (χ4v) is 1.91. The Morgan fingerprint density at radius 3 is 2.86 bits per heavy atom. The van der Waals surface area contributed by atoms with Crippen LogP contribution in [0.15, 0.2) is 12.7 Å². The predicted molar refractivity (Wildman–Crippen MR) is 59.0 cm³/mol. The number of hydrogen-bond acceptors (Lipinski definition) is 2. The second kappa shape index (κ2) is 6.63. The third-order valence-corrected chi connectivity index (χ3v) is 2.61. The molecule has 82 valence electrons. The molecule has 0 aromatic carbocycles. The van der Waals surface area contributed by atoms with Crippen molar-refractivity contribution in [2.45, 2.75) is 40.0 Å². The van der Waals surface area contributed by atoms with Gasteiger partial charge in [-0.15, -0.1) is 0 Å². The fourth-order valence-electron chi connectivity index (χ4n) is 1.91. The van der Waals surface area contributed by atoms with Crippen LogP contribution in [0.5, 0.6) is 0 Å². The molecule has 1 fully saturated rings. The van der Waals surface area contributed by atoms with Crippen molar-refractivity contribution in [2.75, 3.05) is 6.61 Å². The van der Waals surface area contributed by atoms with Crippen molar-refractivity contribution in [2.24, 2.45) is 11.8 Å². The van der Waals surface area contributed by atoms with Crippen LogP contribution in [-0.4, -0.2) is 12.6 Å². The molecular weight excluding hydrogens is 176 g/mol. The molecule has 0 saturated heterocycles. The Hall–Kier alpha value is -0.790. The minimum absolute atomic E-state index is 0. The highest BCUT2D eigenvalue weighted by atomic mass is 16.5. The molecule has 0 radical (unpaired) electrons. The number of esters is 1. The fraction of sp³-hybridized carbons (Fsp3) is 0.750. The summed E-state index contributed by atoms with van der Waals surface area (Å²) >= 11 is 0. The highest BCUT2D eigenvalue weighted by Gasteiger charge is 2.25. The summed E-state index contributed by atoms with van der Waals surface area (Å²) in [6, 6.07) is 0. The largest absolute Gasteiger partial charge is 0.461 e. The van der Waals surface area contributed by atoms with Crippen molar-refractivity contribution in [1.82, 2.24) is 0 Å². The van der Waals surface area contributed by atoms with Gasteiger partial charge in [-0.25, -0.2) is 0 Å². The van der Waals surface area contributed by atoms with Crippen molar-refractivity contribution < 1.29 is 9.53 Å². The average Bonchev–Trinajstić information content (AvgIpc) is 2.14. The van der Waals surface area contributed by atoms with Gasteiger partial charge in [-0.1, -0.05) is 39.8 Å². The highest BCUT2D eigenvalue weighted by Crippen LogP contribution is 2.29. The maximum absolute atomic E-state index is 11.4. The summed E-state index contributed by atoms with van der Waals surface area (Å²) in [5, 5.41) is 0. The van der Waals surface area contributed by atoms with Gasteiger partial charge >= 0.3 is 5.97 Å². The lowest BCUT2D eigenvalue weighted by molar-refractivity contribution is -0.148. The second-order valence-electron chi connectivity index (χ2n) is 3.89. The van der Waals surface area contributed by atoms with E-state index in [1.165, 1.54) is 6.42 Å². The second-order valence-corrected chi connectivity index (χ2v) is 3.89. The Labute approximate surface area is 87.3 Å². The van der Waals surface area contributed by atoms with Crippen molar-refractivity contribution in [1.29, 1.82) is 0 Å². The Morgan fingerprint density at radius 1 is 1.57 bits per heavy atom. The third kappa shape index (κ3) is 3.95. The summed E-state index contributed by atoms with van der Waals surface area (Å²) in [6.07, 6.45) is 6.03. The molecule has 0 aromatic heterocycles. The number of carbonyl (C=O) groups is 1. The lowest BCUT2D eigenvalue weighted by atomic mass is 9.82. The zero-order chi connectivity index (χ0) is 9.68. The van der Waals surface area contributed by atoms with Gasteiger partial charge in [-0.05, 0) is 18.8 Å². The van der Waals surface area contributed by atoms with Crippen LogP contribution >= 0.6 is 0 Å². The molecule has 2 heteroatoms. The molecule has 1 rings (SSSR count). The van der Waals surface area contributed by atoms with Crippen LogP contribution in [0.1, 0.15) is 40.0 Å². The van der Waals surface area contributed by atoms with Crippen molar-refractivity contribution in [3.05, 3.63) is 12.7 Å². The maximum atomic E-state index is 11.4. The average molecular weight is 198 g/mol. The summed E-state index contributed by atoms with van der Waals surface area (Å²) in [7, 11) is 0. The van der Waals surface area contributed by atoms with Gasteiger partial charge < -0.3 is 4.74 Å². The SMILES string of the molecule is C.C=CCOC(=O)C1CCCC(C)C1. The molecule has 0 aromatic rings. The van der Waals surface area contributed by atoms with Crippen LogP contribution in [0.3, 0.4) is 0 Å². The quantitative estimate of drug-likeness (QED) is 0.514. The van der Waals surface area contributed by atoms with E-state index in [0.717, 1.165) is 19.3 Å². The van der Waals surface area contributed by atoms with E-state index in [1.54, 1.807) is 6.08 Å². The first-order valence-electron chi connectivity index (χ1n) is 5.01. The van der Waals surface area contributed by atoms with Gasteiger partial charge in [0, 0.05) is 0 Å². The van der Waals surface area contributed by atoms with Crippen molar-refractivity contribution >= 4 is 5.97 Å². The summed E-state index contributed by atoms with van der Waals surface area (Å²) < 4.78 is 5.02. The van der Waals surface area contributed by atoms with Gasteiger partial charge in [-0.2, -0.15) is 0 Å². The van der Waals surface area contributed by atoms with Gasteiger partial charge in [0.1, 0.15) is 6.61 Å². The summed E-state index contributed by atoms with van der Waals surface area (Å²) in [6.45, 7) is 6.07. The summed E-state index contributed by atoms with van der Waals surface area (Å²) in [4.78, 5) is 11.4. The van der Waals surface area contributed by atoms with Gasteiger partial charge in [0.05, 0.1) is 5.92 Å². The lowest BCUT2D eigenvalue weighted by Crippen LogP contribution is -2.23. The number of carbonyl (C=O) groups excluding carboxylic acids is 1. The molecule has 0 aliphatic heterocycles. The molecule has 0 spiro atoms. The van der Waals surface area contributed by atoms with Crippen LogP contribution in [0.4, 0.5) is 0 Å². The predicted octanol–water partition coefficient (Wildman–Crippen LogP) is 3.18. The molecule has 1 aliphatic carbocycles. The number of hydrogen-bond donors (Lipinski definition) is 0. The normalized spacial score (nSPS) is 26.1. The monoisotopic (exact) mass is 198 g/mol. The molecule has 2 nitrogen and oxygen atoms in total. The summed E-state index contributed by atoms with van der Waals surface area (Å²) in [5.41, 5.74) is 0. The van der Waals surface area contributed by atoms with E-state index in [0.29, 0.717) is 12.5 Å².